The molecule has 0 radical (unpaired) electrons. The van der Waals surface area contributed by atoms with Gasteiger partial charge in [-0.1, -0.05) is 54.6 Å². The Morgan fingerprint density at radius 3 is 2.10 bits per heavy atom. The number of isocyanates is 6. The molecule has 5 atom stereocenters. The molecule has 12 nitrogen and oxygen atoms in total. The second-order valence-corrected chi connectivity index (χ2v) is 9.00. The van der Waals surface area contributed by atoms with Crippen molar-refractivity contribution in [1.82, 2.24) is 0 Å². The minimum absolute atomic E-state index is 0.140. The van der Waals surface area contributed by atoms with E-state index in [1.54, 1.807) is 18.2 Å². The average Bonchev–Trinajstić information content (AvgIpc) is 2.95. The lowest BCUT2D eigenvalue weighted by Gasteiger charge is -2.46. The van der Waals surface area contributed by atoms with Crippen LogP contribution in [-0.4, -0.2) is 60.1 Å². The second kappa shape index (κ2) is 12.3. The van der Waals surface area contributed by atoms with Crippen molar-refractivity contribution in [3.63, 3.8) is 0 Å². The van der Waals surface area contributed by atoms with Crippen LogP contribution in [-0.2, 0) is 41.6 Å². The van der Waals surface area contributed by atoms with E-state index in [0.29, 0.717) is 12.0 Å². The molecule has 196 valence electrons. The van der Waals surface area contributed by atoms with Gasteiger partial charge in [0.1, 0.15) is 23.7 Å². The summed E-state index contributed by atoms with van der Waals surface area (Å²) >= 11 is 0. The monoisotopic (exact) mass is 534 g/mol. The van der Waals surface area contributed by atoms with Crippen molar-refractivity contribution in [3.8, 4) is 0 Å². The van der Waals surface area contributed by atoms with Crippen molar-refractivity contribution < 1.29 is 28.8 Å². The minimum atomic E-state index is -1.89. The van der Waals surface area contributed by atoms with Crippen LogP contribution in [0.5, 0.6) is 0 Å². The van der Waals surface area contributed by atoms with E-state index in [9.17, 15) is 28.8 Å². The molecular formula is C28H18N6O6. The van der Waals surface area contributed by atoms with Crippen LogP contribution in [0, 0.1) is 0 Å². The van der Waals surface area contributed by atoms with Gasteiger partial charge in [-0.15, -0.1) is 0 Å². The van der Waals surface area contributed by atoms with E-state index >= 15 is 0 Å². The van der Waals surface area contributed by atoms with E-state index in [-0.39, 0.29) is 12.0 Å². The lowest BCUT2D eigenvalue weighted by molar-refractivity contribution is 0.233. The number of carbonyl (C=O) groups excluding carboxylic acids is 6. The number of nitrogens with zero attached hydrogens (tertiary/aromatic N) is 6. The summed E-state index contributed by atoms with van der Waals surface area (Å²) in [5.74, 6) is -0.963. The summed E-state index contributed by atoms with van der Waals surface area (Å²) in [6.45, 7) is 0. The van der Waals surface area contributed by atoms with Crippen LogP contribution in [0.2, 0.25) is 0 Å². The quantitative estimate of drug-likeness (QED) is 0.285. The van der Waals surface area contributed by atoms with Gasteiger partial charge in [-0.2, -0.15) is 30.0 Å². The Labute approximate surface area is 226 Å². The zero-order chi connectivity index (χ0) is 28.5. The lowest BCUT2D eigenvalue weighted by atomic mass is 9.62. The van der Waals surface area contributed by atoms with Crippen LogP contribution in [0.3, 0.4) is 0 Å². The fourth-order valence-electron chi connectivity index (χ4n) is 5.67. The Hall–Kier alpha value is -5.54. The number of hydrogen-bond donors (Lipinski definition) is 0. The number of aliphatic imine (C=N–C) groups is 6. The van der Waals surface area contributed by atoms with Crippen molar-refractivity contribution in [2.75, 3.05) is 0 Å². The topological polar surface area (TPSA) is 177 Å². The van der Waals surface area contributed by atoms with Crippen LogP contribution in [0.15, 0.2) is 84.6 Å². The number of fused-ring (bicyclic) bond motifs is 3. The maximum absolute atomic E-state index is 12.1. The number of hydrogen-bond acceptors (Lipinski definition) is 12. The fraction of sp³-hybridized carbons (Fsp3) is 0.286. The summed E-state index contributed by atoms with van der Waals surface area (Å²) in [7, 11) is 0. The number of rotatable bonds is 8. The van der Waals surface area contributed by atoms with Gasteiger partial charge in [0.15, 0.2) is 6.17 Å². The molecule has 0 heterocycles. The molecule has 0 N–H and O–H groups in total. The summed E-state index contributed by atoms with van der Waals surface area (Å²) < 4.78 is 0. The second-order valence-electron chi connectivity index (χ2n) is 9.00. The molecule has 2 aliphatic rings. The molecule has 0 saturated carbocycles. The highest BCUT2D eigenvalue weighted by Crippen LogP contribution is 2.49. The summed E-state index contributed by atoms with van der Waals surface area (Å²) in [5, 5.41) is 0. The molecular weight excluding hydrogens is 516 g/mol. The Balaban J connectivity index is 2.17. The third kappa shape index (κ3) is 4.96. The largest absolute Gasteiger partial charge is 0.237 e. The first-order valence-corrected chi connectivity index (χ1v) is 11.9. The molecule has 5 unspecified atom stereocenters. The molecule has 2 aliphatic carbocycles. The molecule has 4 rings (SSSR count). The number of benzene rings is 2. The molecule has 40 heavy (non-hydrogen) atoms. The van der Waals surface area contributed by atoms with Gasteiger partial charge >= 0.3 is 0 Å². The van der Waals surface area contributed by atoms with Gasteiger partial charge in [0.25, 0.3) is 0 Å². The molecule has 12 heteroatoms. The van der Waals surface area contributed by atoms with Crippen molar-refractivity contribution in [1.29, 1.82) is 0 Å². The predicted octanol–water partition coefficient (Wildman–Crippen LogP) is 2.34. The fourth-order valence-corrected chi connectivity index (χ4v) is 5.67. The first-order chi connectivity index (χ1) is 19.6. The maximum Gasteiger partial charge on any atom is 0.237 e. The van der Waals surface area contributed by atoms with E-state index in [1.165, 1.54) is 48.6 Å². The third-order valence-corrected chi connectivity index (χ3v) is 7.24. The molecule has 0 amide bonds. The van der Waals surface area contributed by atoms with Gasteiger partial charge in [0.2, 0.25) is 36.5 Å². The smallest absolute Gasteiger partial charge is 0.211 e. The Kier molecular flexibility index (Phi) is 8.48. The Bertz CT molecular complexity index is 1630. The zero-order valence-corrected chi connectivity index (χ0v) is 20.6. The highest BCUT2D eigenvalue weighted by atomic mass is 16.1. The van der Waals surface area contributed by atoms with Crippen LogP contribution < -0.4 is 0 Å². The van der Waals surface area contributed by atoms with Gasteiger partial charge < -0.3 is 0 Å². The standard InChI is InChI=1S/C28H18N6O6/c35-12-29-24-7-8-25(30-13-36)28(34-17-40,26(24)31-14-37)23-11-20-4-2-1-3-19(20)9-18-5-6-21(22(23)10-18)27(32-15-38)33-16-39/h1-8,10,23-27H,9,11H2. The van der Waals surface area contributed by atoms with Gasteiger partial charge in [-0.25, -0.2) is 28.8 Å². The highest BCUT2D eigenvalue weighted by Gasteiger charge is 2.57. The lowest BCUT2D eigenvalue weighted by Crippen LogP contribution is -2.59. The van der Waals surface area contributed by atoms with Crippen molar-refractivity contribution >= 4 is 36.5 Å². The van der Waals surface area contributed by atoms with E-state index in [1.807, 2.05) is 24.3 Å². The average molecular weight is 534 g/mol. The van der Waals surface area contributed by atoms with E-state index in [2.05, 4.69) is 30.0 Å². The Morgan fingerprint density at radius 1 is 0.750 bits per heavy atom. The van der Waals surface area contributed by atoms with E-state index in [4.69, 9.17) is 0 Å². The summed E-state index contributed by atoms with van der Waals surface area (Å²) in [4.78, 5) is 92.2. The van der Waals surface area contributed by atoms with Gasteiger partial charge in [0, 0.05) is 11.5 Å². The predicted molar refractivity (Wildman–Crippen MR) is 137 cm³/mol. The molecule has 2 aromatic carbocycles. The molecule has 0 saturated heterocycles. The maximum atomic E-state index is 12.1. The molecule has 2 bridgehead atoms. The zero-order valence-electron chi connectivity index (χ0n) is 20.6. The van der Waals surface area contributed by atoms with E-state index < -0.39 is 35.7 Å². The molecule has 0 spiro atoms. The first-order valence-electron chi connectivity index (χ1n) is 11.9. The first kappa shape index (κ1) is 27.5. The molecule has 2 aromatic rings. The Morgan fingerprint density at radius 2 is 1.45 bits per heavy atom. The van der Waals surface area contributed by atoms with Crippen LogP contribution in [0.4, 0.5) is 0 Å². The van der Waals surface area contributed by atoms with Crippen molar-refractivity contribution in [3.05, 3.63) is 82.4 Å². The summed E-state index contributed by atoms with van der Waals surface area (Å²) in [6, 6.07) is 8.89. The molecule has 0 fully saturated rings. The van der Waals surface area contributed by atoms with Crippen molar-refractivity contribution in [2.24, 2.45) is 30.0 Å². The summed E-state index contributed by atoms with van der Waals surface area (Å²) in [5.41, 5.74) is 1.37. The SMILES string of the molecule is O=C=NC(N=C=O)c1ccc2cc1C(C1(N=C=O)C(N=C=O)C=CC(N=C=O)C1N=C=O)Cc1ccccc1C2. The molecule has 0 aliphatic heterocycles. The van der Waals surface area contributed by atoms with Crippen molar-refractivity contribution in [2.45, 2.75) is 48.6 Å². The van der Waals surface area contributed by atoms with Crippen LogP contribution in [0.1, 0.15) is 39.9 Å². The molecule has 0 aromatic heterocycles. The highest BCUT2D eigenvalue weighted by molar-refractivity contribution is 5.53. The van der Waals surface area contributed by atoms with Gasteiger partial charge in [-0.3, -0.25) is 0 Å². The van der Waals surface area contributed by atoms with Gasteiger partial charge in [-0.05, 0) is 35.1 Å². The van der Waals surface area contributed by atoms with E-state index in [0.717, 1.165) is 16.7 Å². The minimum Gasteiger partial charge on any atom is -0.211 e. The van der Waals surface area contributed by atoms with Crippen LogP contribution >= 0.6 is 0 Å². The van der Waals surface area contributed by atoms with Gasteiger partial charge in [0.05, 0.1) is 0 Å². The normalized spacial score (nSPS) is 24.7. The van der Waals surface area contributed by atoms with Crippen LogP contribution in [0.25, 0.3) is 0 Å². The third-order valence-electron chi connectivity index (χ3n) is 7.24. The summed E-state index contributed by atoms with van der Waals surface area (Å²) in [6.07, 6.45) is 10.8.